The zero-order valence-corrected chi connectivity index (χ0v) is 19.1. The summed E-state index contributed by atoms with van der Waals surface area (Å²) >= 11 is 0. The number of rotatable bonds is 5. The molecule has 0 saturated heterocycles. The van der Waals surface area contributed by atoms with Crippen molar-refractivity contribution in [3.63, 3.8) is 0 Å². The van der Waals surface area contributed by atoms with Crippen LogP contribution in [0, 0.1) is 6.92 Å². The van der Waals surface area contributed by atoms with Crippen LogP contribution < -0.4 is 15.6 Å². The molecule has 0 bridgehead atoms. The van der Waals surface area contributed by atoms with Crippen molar-refractivity contribution < 1.29 is 9.53 Å². The summed E-state index contributed by atoms with van der Waals surface area (Å²) in [7, 11) is 3.26. The number of aromatic nitrogens is 2. The summed E-state index contributed by atoms with van der Waals surface area (Å²) in [5.74, 6) is 1.12. The highest BCUT2D eigenvalue weighted by molar-refractivity contribution is 5.89. The van der Waals surface area contributed by atoms with E-state index in [1.54, 1.807) is 49.1 Å². The molecular weight excluding hydrogens is 416 g/mol. The lowest BCUT2D eigenvalue weighted by atomic mass is 10.1. The van der Waals surface area contributed by atoms with Gasteiger partial charge in [0.2, 0.25) is 0 Å². The fourth-order valence-electron chi connectivity index (χ4n) is 3.64. The van der Waals surface area contributed by atoms with Gasteiger partial charge in [0.15, 0.2) is 0 Å². The Bertz CT molecular complexity index is 1360. The Kier molecular flexibility index (Phi) is 6.13. The van der Waals surface area contributed by atoms with Gasteiger partial charge >= 0.3 is 6.03 Å². The van der Waals surface area contributed by atoms with Gasteiger partial charge in [0, 0.05) is 18.8 Å². The molecule has 2 amide bonds. The third kappa shape index (κ3) is 4.43. The first kappa shape index (κ1) is 22.1. The number of aryl methyl sites for hydroxylation is 1. The molecule has 0 radical (unpaired) electrons. The van der Waals surface area contributed by atoms with Crippen LogP contribution in [-0.2, 0) is 0 Å². The maximum atomic E-state index is 13.5. The van der Waals surface area contributed by atoms with Gasteiger partial charge in [0.1, 0.15) is 11.6 Å². The number of hydrogen-bond acceptors (Lipinski definition) is 4. The van der Waals surface area contributed by atoms with Gasteiger partial charge in [0.25, 0.3) is 5.56 Å². The van der Waals surface area contributed by atoms with Crippen LogP contribution in [0.25, 0.3) is 16.6 Å². The number of carbonyl (C=O) groups excluding carboxylic acids is 1. The Labute approximate surface area is 192 Å². The lowest BCUT2D eigenvalue weighted by Gasteiger charge is -2.27. The largest absolute Gasteiger partial charge is 0.497 e. The molecule has 0 spiro atoms. The van der Waals surface area contributed by atoms with Gasteiger partial charge in [0.05, 0.1) is 29.7 Å². The van der Waals surface area contributed by atoms with Crippen molar-refractivity contribution in [1.29, 1.82) is 0 Å². The Hall–Kier alpha value is -4.13. The molecule has 0 saturated carbocycles. The first-order valence-electron chi connectivity index (χ1n) is 10.7. The minimum absolute atomic E-state index is 0.173. The Morgan fingerprint density at radius 1 is 1.06 bits per heavy atom. The van der Waals surface area contributed by atoms with Gasteiger partial charge in [-0.15, -0.1) is 0 Å². The summed E-state index contributed by atoms with van der Waals surface area (Å²) in [5.41, 5.74) is 2.82. The number of fused-ring (bicyclic) bond motifs is 1. The fourth-order valence-corrected chi connectivity index (χ4v) is 3.64. The summed E-state index contributed by atoms with van der Waals surface area (Å²) in [5, 5.41) is 3.40. The molecule has 0 aliphatic carbocycles. The second-order valence-corrected chi connectivity index (χ2v) is 7.91. The van der Waals surface area contributed by atoms with Crippen molar-refractivity contribution >= 4 is 22.6 Å². The van der Waals surface area contributed by atoms with Crippen LogP contribution in [0.15, 0.2) is 77.6 Å². The van der Waals surface area contributed by atoms with Gasteiger partial charge in [-0.05, 0) is 50.2 Å². The van der Waals surface area contributed by atoms with Gasteiger partial charge in [-0.1, -0.05) is 35.9 Å². The monoisotopic (exact) mass is 442 g/mol. The first-order chi connectivity index (χ1) is 15.9. The van der Waals surface area contributed by atoms with Crippen LogP contribution in [-0.4, -0.2) is 34.6 Å². The predicted octanol–water partition coefficient (Wildman–Crippen LogP) is 4.93. The molecule has 1 N–H and O–H groups in total. The maximum absolute atomic E-state index is 13.5. The van der Waals surface area contributed by atoms with Gasteiger partial charge in [-0.2, -0.15) is 0 Å². The van der Waals surface area contributed by atoms with E-state index in [0.29, 0.717) is 33.9 Å². The van der Waals surface area contributed by atoms with Crippen molar-refractivity contribution in [2.75, 3.05) is 19.5 Å². The molecular formula is C26H26N4O3. The number of nitrogens with one attached hydrogen (secondary N) is 1. The smallest absolute Gasteiger partial charge is 0.322 e. The lowest BCUT2D eigenvalue weighted by molar-refractivity contribution is 0.205. The summed E-state index contributed by atoms with van der Waals surface area (Å²) < 4.78 is 6.81. The normalized spacial score (nSPS) is 11.8. The number of hydrogen-bond donors (Lipinski definition) is 1. The van der Waals surface area contributed by atoms with E-state index in [1.807, 2.05) is 56.3 Å². The van der Waals surface area contributed by atoms with Crippen molar-refractivity contribution in [2.24, 2.45) is 0 Å². The molecule has 0 fully saturated rings. The van der Waals surface area contributed by atoms with Crippen LogP contribution in [0.4, 0.5) is 10.5 Å². The molecule has 4 rings (SSSR count). The summed E-state index contributed by atoms with van der Waals surface area (Å²) in [6, 6.07) is 21.2. The average Bonchev–Trinajstić information content (AvgIpc) is 2.84. The van der Waals surface area contributed by atoms with Gasteiger partial charge in [-0.3, -0.25) is 9.36 Å². The minimum atomic E-state index is -0.491. The quantitative estimate of drug-likeness (QED) is 0.476. The van der Waals surface area contributed by atoms with Gasteiger partial charge in [-0.25, -0.2) is 9.78 Å². The standard InChI is InChI=1S/C26H26N4O3/c1-17-12-14-20(15-13-17)30-24(28-23-11-6-5-10-22(23)25(30)31)18(2)29(3)26(32)27-19-8-7-9-21(16-19)33-4/h5-16,18H,1-4H3,(H,27,32). The van der Waals surface area contributed by atoms with E-state index in [4.69, 9.17) is 9.72 Å². The van der Waals surface area contributed by atoms with E-state index in [9.17, 15) is 9.59 Å². The van der Waals surface area contributed by atoms with Crippen LogP contribution in [0.3, 0.4) is 0 Å². The van der Waals surface area contributed by atoms with E-state index < -0.39 is 6.04 Å². The van der Waals surface area contributed by atoms with Crippen molar-refractivity contribution in [3.8, 4) is 11.4 Å². The van der Waals surface area contributed by atoms with Crippen molar-refractivity contribution in [3.05, 3.63) is 94.5 Å². The van der Waals surface area contributed by atoms with E-state index in [1.165, 1.54) is 4.90 Å². The molecule has 1 heterocycles. The van der Waals surface area contributed by atoms with Crippen molar-refractivity contribution in [2.45, 2.75) is 19.9 Å². The highest BCUT2D eigenvalue weighted by atomic mass is 16.5. The Balaban J connectivity index is 1.75. The van der Waals surface area contributed by atoms with E-state index in [-0.39, 0.29) is 11.6 Å². The number of nitrogens with zero attached hydrogens (tertiary/aromatic N) is 3. The first-order valence-corrected chi connectivity index (χ1v) is 10.7. The number of benzene rings is 3. The number of carbonyl (C=O) groups is 1. The third-order valence-corrected chi connectivity index (χ3v) is 5.69. The molecule has 33 heavy (non-hydrogen) atoms. The number of para-hydroxylation sites is 1. The molecule has 7 heteroatoms. The number of methoxy groups -OCH3 is 1. The summed E-state index contributed by atoms with van der Waals surface area (Å²) in [4.78, 5) is 32.8. The zero-order chi connectivity index (χ0) is 23.5. The molecule has 1 atom stereocenters. The van der Waals surface area contributed by atoms with Crippen LogP contribution in [0.1, 0.15) is 24.4 Å². The number of amides is 2. The molecule has 0 aliphatic rings. The van der Waals surface area contributed by atoms with Crippen LogP contribution in [0.2, 0.25) is 0 Å². The Morgan fingerprint density at radius 3 is 2.52 bits per heavy atom. The lowest BCUT2D eigenvalue weighted by Crippen LogP contribution is -2.37. The van der Waals surface area contributed by atoms with Crippen LogP contribution >= 0.6 is 0 Å². The molecule has 168 valence electrons. The van der Waals surface area contributed by atoms with Gasteiger partial charge < -0.3 is 15.0 Å². The predicted molar refractivity (Wildman–Crippen MR) is 130 cm³/mol. The van der Waals surface area contributed by atoms with E-state index >= 15 is 0 Å². The second kappa shape index (κ2) is 9.16. The molecule has 4 aromatic rings. The molecule has 1 unspecified atom stereocenters. The van der Waals surface area contributed by atoms with E-state index in [2.05, 4.69) is 5.32 Å². The topological polar surface area (TPSA) is 76.5 Å². The van der Waals surface area contributed by atoms with E-state index in [0.717, 1.165) is 5.56 Å². The maximum Gasteiger partial charge on any atom is 0.322 e. The minimum Gasteiger partial charge on any atom is -0.497 e. The highest BCUT2D eigenvalue weighted by Gasteiger charge is 2.24. The number of anilines is 1. The van der Waals surface area contributed by atoms with Crippen LogP contribution in [0.5, 0.6) is 5.75 Å². The molecule has 0 aliphatic heterocycles. The molecule has 1 aromatic heterocycles. The molecule has 3 aromatic carbocycles. The average molecular weight is 443 g/mol. The fraction of sp³-hybridized carbons (Fsp3) is 0.192. The molecule has 7 nitrogen and oxygen atoms in total. The number of ether oxygens (including phenoxy) is 1. The summed E-state index contributed by atoms with van der Waals surface area (Å²) in [6.07, 6.45) is 0. The van der Waals surface area contributed by atoms with Crippen molar-refractivity contribution in [1.82, 2.24) is 14.5 Å². The Morgan fingerprint density at radius 2 is 1.79 bits per heavy atom. The zero-order valence-electron chi connectivity index (χ0n) is 19.1. The highest BCUT2D eigenvalue weighted by Crippen LogP contribution is 2.23. The third-order valence-electron chi connectivity index (χ3n) is 5.69. The number of urea groups is 1. The summed E-state index contributed by atoms with van der Waals surface area (Å²) in [6.45, 7) is 3.85. The second-order valence-electron chi connectivity index (χ2n) is 7.91. The SMILES string of the molecule is COc1cccc(NC(=O)N(C)C(C)c2nc3ccccc3c(=O)n2-c2ccc(C)cc2)c1.